The van der Waals surface area contributed by atoms with E-state index in [1.54, 1.807) is 24.3 Å². The lowest BCUT2D eigenvalue weighted by molar-refractivity contribution is 0.372. The van der Waals surface area contributed by atoms with Crippen molar-refractivity contribution in [3.05, 3.63) is 47.5 Å². The molecule has 0 radical (unpaired) electrons. The molecule has 114 valence electrons. The third-order valence-electron chi connectivity index (χ3n) is 3.65. The number of nitrogens with zero attached hydrogens (tertiary/aromatic N) is 1. The number of phenolic OH excluding ortho intramolecular Hbond substituents is 3. The molecule has 0 aliphatic carbocycles. The first kappa shape index (κ1) is 14.1. The second kappa shape index (κ2) is 5.48. The number of rotatable bonds is 3. The number of nitrogens with one attached hydrogen (secondary N) is 1. The number of methoxy groups -OCH3 is 1. The van der Waals surface area contributed by atoms with Crippen molar-refractivity contribution in [3.8, 4) is 23.0 Å². The van der Waals surface area contributed by atoms with Gasteiger partial charge in [0.25, 0.3) is 0 Å². The minimum atomic E-state index is -0.0716. The summed E-state index contributed by atoms with van der Waals surface area (Å²) in [5.74, 6) is 0.485. The molecule has 4 N–H and O–H groups in total. The SMILES string of the molecule is COc1cc(C2CC(c3ccc(O)cc3O)=NN2)ccc1O. The Kier molecular flexibility index (Phi) is 3.50. The van der Waals surface area contributed by atoms with Gasteiger partial charge in [-0.05, 0) is 29.8 Å². The van der Waals surface area contributed by atoms with Gasteiger partial charge in [0.1, 0.15) is 11.5 Å². The van der Waals surface area contributed by atoms with Crippen LogP contribution in [0.4, 0.5) is 0 Å². The van der Waals surface area contributed by atoms with Crippen LogP contribution in [0, 0.1) is 0 Å². The minimum Gasteiger partial charge on any atom is -0.508 e. The first-order valence-electron chi connectivity index (χ1n) is 6.80. The molecule has 1 aliphatic rings. The van der Waals surface area contributed by atoms with Crippen LogP contribution < -0.4 is 10.2 Å². The summed E-state index contributed by atoms with van der Waals surface area (Å²) in [6.07, 6.45) is 0.576. The number of phenols is 3. The third-order valence-corrected chi connectivity index (χ3v) is 3.65. The molecule has 0 amide bonds. The smallest absolute Gasteiger partial charge is 0.160 e. The molecule has 0 saturated heterocycles. The third kappa shape index (κ3) is 2.50. The van der Waals surface area contributed by atoms with E-state index >= 15 is 0 Å². The molecule has 2 aromatic rings. The molecular formula is C16H16N2O4. The van der Waals surface area contributed by atoms with Crippen LogP contribution in [0.3, 0.4) is 0 Å². The van der Waals surface area contributed by atoms with E-state index in [-0.39, 0.29) is 23.3 Å². The molecule has 0 bridgehead atoms. The van der Waals surface area contributed by atoms with Gasteiger partial charge in [0.15, 0.2) is 11.5 Å². The normalized spacial score (nSPS) is 17.0. The average molecular weight is 300 g/mol. The van der Waals surface area contributed by atoms with Crippen LogP contribution in [0.25, 0.3) is 0 Å². The molecule has 0 spiro atoms. The summed E-state index contributed by atoms with van der Waals surface area (Å²) < 4.78 is 5.11. The van der Waals surface area contributed by atoms with Crippen molar-refractivity contribution in [3.63, 3.8) is 0 Å². The van der Waals surface area contributed by atoms with E-state index in [1.165, 1.54) is 19.2 Å². The van der Waals surface area contributed by atoms with E-state index in [2.05, 4.69) is 10.5 Å². The van der Waals surface area contributed by atoms with Crippen LogP contribution in [0.15, 0.2) is 41.5 Å². The van der Waals surface area contributed by atoms with Crippen molar-refractivity contribution < 1.29 is 20.1 Å². The van der Waals surface area contributed by atoms with Crippen LogP contribution in [-0.2, 0) is 0 Å². The van der Waals surface area contributed by atoms with E-state index in [0.717, 1.165) is 5.56 Å². The Morgan fingerprint density at radius 1 is 1.09 bits per heavy atom. The number of hydrazone groups is 1. The summed E-state index contributed by atoms with van der Waals surface area (Å²) in [7, 11) is 1.50. The average Bonchev–Trinajstić information content (AvgIpc) is 2.97. The molecule has 0 fully saturated rings. The Morgan fingerprint density at radius 3 is 2.64 bits per heavy atom. The molecule has 0 aromatic heterocycles. The number of aromatic hydroxyl groups is 3. The lowest BCUT2D eigenvalue weighted by atomic mass is 9.98. The molecule has 0 saturated carbocycles. The molecule has 1 unspecified atom stereocenters. The highest BCUT2D eigenvalue weighted by atomic mass is 16.5. The van der Waals surface area contributed by atoms with Crippen LogP contribution in [0.1, 0.15) is 23.6 Å². The molecule has 6 heteroatoms. The molecule has 1 aliphatic heterocycles. The monoisotopic (exact) mass is 300 g/mol. The predicted molar refractivity (Wildman–Crippen MR) is 81.5 cm³/mol. The Morgan fingerprint density at radius 2 is 1.91 bits per heavy atom. The Bertz CT molecular complexity index is 743. The maximum absolute atomic E-state index is 9.91. The van der Waals surface area contributed by atoms with Crippen molar-refractivity contribution in [2.24, 2.45) is 5.10 Å². The van der Waals surface area contributed by atoms with E-state index < -0.39 is 0 Å². The van der Waals surface area contributed by atoms with Gasteiger partial charge in [-0.3, -0.25) is 0 Å². The van der Waals surface area contributed by atoms with Gasteiger partial charge in [0, 0.05) is 18.1 Å². The zero-order valence-electron chi connectivity index (χ0n) is 11.9. The molecule has 2 aromatic carbocycles. The summed E-state index contributed by atoms with van der Waals surface area (Å²) in [6.45, 7) is 0. The number of ether oxygens (including phenoxy) is 1. The summed E-state index contributed by atoms with van der Waals surface area (Å²) >= 11 is 0. The standard InChI is InChI=1S/C16H16N2O4/c1-22-16-6-9(2-5-14(16)20)12-8-13(18-17-12)11-4-3-10(19)7-15(11)21/h2-7,12,17,19-21H,8H2,1H3. The quantitative estimate of drug-likeness (QED) is 0.697. The molecule has 1 atom stereocenters. The number of hydrogen-bond donors (Lipinski definition) is 4. The topological polar surface area (TPSA) is 94.3 Å². The van der Waals surface area contributed by atoms with Gasteiger partial charge in [-0.2, -0.15) is 5.10 Å². The van der Waals surface area contributed by atoms with Crippen molar-refractivity contribution in [1.82, 2.24) is 5.43 Å². The van der Waals surface area contributed by atoms with Crippen molar-refractivity contribution >= 4 is 5.71 Å². The molecule has 22 heavy (non-hydrogen) atoms. The van der Waals surface area contributed by atoms with Gasteiger partial charge < -0.3 is 25.5 Å². The van der Waals surface area contributed by atoms with Crippen LogP contribution in [0.2, 0.25) is 0 Å². The van der Waals surface area contributed by atoms with Crippen molar-refractivity contribution in [2.45, 2.75) is 12.5 Å². The molecule has 1 heterocycles. The van der Waals surface area contributed by atoms with Crippen LogP contribution >= 0.6 is 0 Å². The van der Waals surface area contributed by atoms with Crippen molar-refractivity contribution in [1.29, 1.82) is 0 Å². The Labute approximate surface area is 127 Å². The highest BCUT2D eigenvalue weighted by Gasteiger charge is 2.23. The van der Waals surface area contributed by atoms with Gasteiger partial charge >= 0.3 is 0 Å². The molecular weight excluding hydrogens is 284 g/mol. The zero-order chi connectivity index (χ0) is 15.7. The van der Waals surface area contributed by atoms with Gasteiger partial charge in [0.05, 0.1) is 18.9 Å². The van der Waals surface area contributed by atoms with Gasteiger partial charge in [-0.15, -0.1) is 0 Å². The van der Waals surface area contributed by atoms with Gasteiger partial charge in [0.2, 0.25) is 0 Å². The largest absolute Gasteiger partial charge is 0.508 e. The predicted octanol–water partition coefficient (Wildman–Crippen LogP) is 2.25. The lowest BCUT2D eigenvalue weighted by Gasteiger charge is -2.12. The van der Waals surface area contributed by atoms with Crippen LogP contribution in [0.5, 0.6) is 23.0 Å². The number of hydrogen-bond acceptors (Lipinski definition) is 6. The highest BCUT2D eigenvalue weighted by molar-refractivity contribution is 6.04. The second-order valence-corrected chi connectivity index (χ2v) is 5.08. The second-order valence-electron chi connectivity index (χ2n) is 5.08. The zero-order valence-corrected chi connectivity index (χ0v) is 11.9. The Hall–Kier alpha value is -2.89. The molecule has 6 nitrogen and oxygen atoms in total. The number of benzene rings is 2. The van der Waals surface area contributed by atoms with E-state index in [4.69, 9.17) is 4.74 Å². The van der Waals surface area contributed by atoms with Crippen molar-refractivity contribution in [2.75, 3.05) is 7.11 Å². The fraction of sp³-hybridized carbons (Fsp3) is 0.188. The first-order valence-corrected chi connectivity index (χ1v) is 6.80. The first-order chi connectivity index (χ1) is 10.6. The van der Waals surface area contributed by atoms with E-state index in [0.29, 0.717) is 23.4 Å². The fourth-order valence-corrected chi connectivity index (χ4v) is 2.48. The van der Waals surface area contributed by atoms with Gasteiger partial charge in [-0.1, -0.05) is 6.07 Å². The summed E-state index contributed by atoms with van der Waals surface area (Å²) in [5.41, 5.74) is 5.22. The minimum absolute atomic E-state index is 0.00706. The lowest BCUT2D eigenvalue weighted by Crippen LogP contribution is -2.10. The summed E-state index contributed by atoms with van der Waals surface area (Å²) in [5, 5.41) is 33.1. The maximum Gasteiger partial charge on any atom is 0.160 e. The van der Waals surface area contributed by atoms with Crippen LogP contribution in [-0.4, -0.2) is 28.1 Å². The highest BCUT2D eigenvalue weighted by Crippen LogP contribution is 2.33. The molecule has 3 rings (SSSR count). The summed E-state index contributed by atoms with van der Waals surface area (Å²) in [6, 6.07) is 9.48. The van der Waals surface area contributed by atoms with E-state index in [1.807, 2.05) is 0 Å². The summed E-state index contributed by atoms with van der Waals surface area (Å²) in [4.78, 5) is 0. The maximum atomic E-state index is 9.91. The van der Waals surface area contributed by atoms with Gasteiger partial charge in [-0.25, -0.2) is 0 Å². The van der Waals surface area contributed by atoms with E-state index in [9.17, 15) is 15.3 Å². The Balaban J connectivity index is 1.82. The fourth-order valence-electron chi connectivity index (χ4n) is 2.48.